The summed E-state index contributed by atoms with van der Waals surface area (Å²) in [5, 5.41) is 6.41. The molecule has 202 valence electrons. The van der Waals surface area contributed by atoms with Gasteiger partial charge in [-0.1, -0.05) is 60.7 Å². The zero-order valence-electron chi connectivity index (χ0n) is 21.3. The molecule has 1 aromatic heterocycles. The van der Waals surface area contributed by atoms with E-state index in [1.807, 2.05) is 18.2 Å². The predicted octanol–water partition coefficient (Wildman–Crippen LogP) is 6.84. The first-order valence-corrected chi connectivity index (χ1v) is 13.9. The van der Waals surface area contributed by atoms with Crippen molar-refractivity contribution in [3.05, 3.63) is 98.5 Å². The van der Waals surface area contributed by atoms with Gasteiger partial charge in [0.15, 0.2) is 0 Å². The molecule has 2 amide bonds. The first-order chi connectivity index (χ1) is 18.9. The lowest BCUT2D eigenvalue weighted by atomic mass is 9.89. The van der Waals surface area contributed by atoms with E-state index in [1.54, 1.807) is 18.2 Å². The molecule has 0 unspecified atom stereocenters. The number of hydrogen-bond donors (Lipinski definition) is 3. The first kappa shape index (κ1) is 27.2. The number of carbonyl (C=O) groups is 2. The molecule has 39 heavy (non-hydrogen) atoms. The minimum atomic E-state index is -0.674. The van der Waals surface area contributed by atoms with Gasteiger partial charge in [0.25, 0.3) is 11.8 Å². The highest BCUT2D eigenvalue weighted by atomic mass is 35.5. The maximum absolute atomic E-state index is 14.1. The Morgan fingerprint density at radius 3 is 2.56 bits per heavy atom. The second-order valence-corrected chi connectivity index (χ2v) is 10.8. The van der Waals surface area contributed by atoms with Crippen LogP contribution in [0.4, 0.5) is 4.39 Å². The van der Waals surface area contributed by atoms with Crippen molar-refractivity contribution in [1.29, 1.82) is 0 Å². The Labute approximate surface area is 236 Å². The van der Waals surface area contributed by atoms with Crippen molar-refractivity contribution >= 4 is 46.0 Å². The lowest BCUT2D eigenvalue weighted by molar-refractivity contribution is 0.0937. The van der Waals surface area contributed by atoms with Gasteiger partial charge < -0.3 is 15.6 Å². The molecule has 0 atom stereocenters. The molecule has 0 bridgehead atoms. The Morgan fingerprint density at radius 2 is 1.77 bits per heavy atom. The van der Waals surface area contributed by atoms with E-state index in [4.69, 9.17) is 23.2 Å². The molecule has 9 heteroatoms. The fraction of sp³-hybridized carbons (Fsp3) is 0.300. The van der Waals surface area contributed by atoms with Gasteiger partial charge >= 0.3 is 0 Å². The number of amides is 2. The molecule has 0 spiro atoms. The number of nitrogens with zero attached hydrogens (tertiary/aromatic N) is 1. The summed E-state index contributed by atoms with van der Waals surface area (Å²) in [6, 6.07) is 15.0. The Balaban J connectivity index is 1.24. The molecule has 5 rings (SSSR count). The number of aromatic amines is 1. The maximum Gasteiger partial charge on any atom is 0.256 e. The summed E-state index contributed by atoms with van der Waals surface area (Å²) < 4.78 is 14.1. The molecule has 1 heterocycles. The summed E-state index contributed by atoms with van der Waals surface area (Å²) in [6.07, 6.45) is 6.57. The highest BCUT2D eigenvalue weighted by Gasteiger charge is 2.17. The summed E-state index contributed by atoms with van der Waals surface area (Å²) >= 11 is 12.5. The zero-order valence-corrected chi connectivity index (χ0v) is 22.8. The summed E-state index contributed by atoms with van der Waals surface area (Å²) in [6.45, 7) is 0.890. The van der Waals surface area contributed by atoms with Gasteiger partial charge in [0, 0.05) is 30.1 Å². The van der Waals surface area contributed by atoms with Crippen LogP contribution in [0, 0.1) is 11.7 Å². The number of fused-ring (bicyclic) bond motifs is 1. The summed E-state index contributed by atoms with van der Waals surface area (Å²) in [4.78, 5) is 33.2. The van der Waals surface area contributed by atoms with E-state index in [0.29, 0.717) is 35.3 Å². The minimum Gasteiger partial charge on any atom is -0.352 e. The van der Waals surface area contributed by atoms with E-state index in [2.05, 4.69) is 20.6 Å². The van der Waals surface area contributed by atoms with Gasteiger partial charge in [-0.2, -0.15) is 0 Å². The molecule has 6 nitrogen and oxygen atoms in total. The monoisotopic (exact) mass is 566 g/mol. The Hall–Kier alpha value is -3.42. The van der Waals surface area contributed by atoms with Crippen LogP contribution < -0.4 is 10.6 Å². The normalized spacial score (nSPS) is 13.9. The van der Waals surface area contributed by atoms with Crippen molar-refractivity contribution in [3.8, 4) is 0 Å². The van der Waals surface area contributed by atoms with Gasteiger partial charge in [0.2, 0.25) is 0 Å². The molecule has 0 aliphatic heterocycles. The van der Waals surface area contributed by atoms with E-state index in [-0.39, 0.29) is 23.0 Å². The van der Waals surface area contributed by atoms with Gasteiger partial charge in [-0.15, -0.1) is 0 Å². The number of rotatable bonds is 8. The fourth-order valence-electron chi connectivity index (χ4n) is 5.06. The van der Waals surface area contributed by atoms with Crippen LogP contribution in [0.3, 0.4) is 0 Å². The van der Waals surface area contributed by atoms with E-state index in [1.165, 1.54) is 50.3 Å². The molecular formula is C30H29Cl2FN4O2. The van der Waals surface area contributed by atoms with E-state index in [0.717, 1.165) is 22.2 Å². The van der Waals surface area contributed by atoms with Gasteiger partial charge in [0.05, 0.1) is 21.6 Å². The summed E-state index contributed by atoms with van der Waals surface area (Å²) in [5.41, 5.74) is 3.56. The van der Waals surface area contributed by atoms with Crippen LogP contribution in [0.1, 0.15) is 69.8 Å². The van der Waals surface area contributed by atoms with Crippen LogP contribution in [0.15, 0.2) is 54.6 Å². The van der Waals surface area contributed by atoms with Crippen LogP contribution in [0.5, 0.6) is 0 Å². The predicted molar refractivity (Wildman–Crippen MR) is 152 cm³/mol. The van der Waals surface area contributed by atoms with Crippen molar-refractivity contribution < 1.29 is 14.0 Å². The smallest absolute Gasteiger partial charge is 0.256 e. The van der Waals surface area contributed by atoms with Crippen LogP contribution in [0.2, 0.25) is 10.0 Å². The second-order valence-electron chi connectivity index (χ2n) is 10.0. The third-order valence-corrected chi connectivity index (χ3v) is 7.86. The van der Waals surface area contributed by atoms with Crippen LogP contribution in [0.25, 0.3) is 11.0 Å². The number of H-pyrrole nitrogens is 1. The summed E-state index contributed by atoms with van der Waals surface area (Å²) in [5.74, 6) is -0.0765. The Bertz CT molecular complexity index is 1490. The van der Waals surface area contributed by atoms with E-state index >= 15 is 0 Å². The molecule has 3 N–H and O–H groups in total. The van der Waals surface area contributed by atoms with Gasteiger partial charge in [-0.3, -0.25) is 9.59 Å². The van der Waals surface area contributed by atoms with Crippen LogP contribution in [-0.4, -0.2) is 28.3 Å². The molecule has 1 saturated carbocycles. The minimum absolute atomic E-state index is 0.0547. The number of hydrogen-bond acceptors (Lipinski definition) is 3. The van der Waals surface area contributed by atoms with Crippen molar-refractivity contribution in [2.24, 2.45) is 5.92 Å². The van der Waals surface area contributed by atoms with Crippen LogP contribution >= 0.6 is 23.2 Å². The SMILES string of the molecule is O=C(NCC1CCCCC1)c1ccc2nc(Cc3cc(CNC(=O)c4c(F)cccc4Cl)ccc3Cl)[nH]c2c1. The average Bonchev–Trinajstić information content (AvgIpc) is 3.34. The van der Waals surface area contributed by atoms with Crippen molar-refractivity contribution in [2.45, 2.75) is 45.1 Å². The average molecular weight is 567 g/mol. The number of aromatic nitrogens is 2. The molecule has 1 aliphatic rings. The molecule has 0 saturated heterocycles. The molecule has 0 radical (unpaired) electrons. The van der Waals surface area contributed by atoms with Gasteiger partial charge in [-0.05, 0) is 66.3 Å². The Morgan fingerprint density at radius 1 is 0.949 bits per heavy atom. The highest BCUT2D eigenvalue weighted by Crippen LogP contribution is 2.24. The van der Waals surface area contributed by atoms with Crippen LogP contribution in [-0.2, 0) is 13.0 Å². The number of halogens is 3. The lowest BCUT2D eigenvalue weighted by Crippen LogP contribution is -2.30. The Kier molecular flexibility index (Phi) is 8.48. The van der Waals surface area contributed by atoms with E-state index < -0.39 is 11.7 Å². The zero-order chi connectivity index (χ0) is 27.4. The number of benzene rings is 3. The number of nitrogens with one attached hydrogen (secondary N) is 3. The second kappa shape index (κ2) is 12.2. The van der Waals surface area contributed by atoms with E-state index in [9.17, 15) is 14.0 Å². The van der Waals surface area contributed by atoms with Crippen molar-refractivity contribution in [3.63, 3.8) is 0 Å². The number of carbonyl (C=O) groups excluding carboxylic acids is 2. The quantitative estimate of drug-likeness (QED) is 0.218. The summed E-state index contributed by atoms with van der Waals surface area (Å²) in [7, 11) is 0. The third kappa shape index (κ3) is 6.60. The van der Waals surface area contributed by atoms with Crippen molar-refractivity contribution in [2.75, 3.05) is 6.54 Å². The van der Waals surface area contributed by atoms with Crippen molar-refractivity contribution in [1.82, 2.24) is 20.6 Å². The molecular weight excluding hydrogens is 538 g/mol. The third-order valence-electron chi connectivity index (χ3n) is 7.18. The lowest BCUT2D eigenvalue weighted by Gasteiger charge is -2.21. The standard InChI is InChI=1S/C30H29Cl2FN4O2/c31-22-11-9-19(17-35-30(39)28-23(32)7-4-8-24(28)33)13-21(22)15-27-36-25-12-10-20(14-26(25)37-27)29(38)34-16-18-5-2-1-3-6-18/h4,7-14,18H,1-3,5-6,15-17H2,(H,34,38)(H,35,39)(H,36,37). The topological polar surface area (TPSA) is 86.9 Å². The van der Waals surface area contributed by atoms with Gasteiger partial charge in [-0.25, -0.2) is 9.37 Å². The number of imidazole rings is 1. The molecule has 4 aromatic rings. The maximum atomic E-state index is 14.1. The molecule has 3 aromatic carbocycles. The van der Waals surface area contributed by atoms with Gasteiger partial charge in [0.1, 0.15) is 11.6 Å². The molecule has 1 fully saturated rings. The molecule has 1 aliphatic carbocycles. The first-order valence-electron chi connectivity index (χ1n) is 13.1. The highest BCUT2D eigenvalue weighted by molar-refractivity contribution is 6.33. The largest absolute Gasteiger partial charge is 0.352 e. The fourth-order valence-corrected chi connectivity index (χ4v) is 5.49.